The molecule has 0 N–H and O–H groups in total. The Bertz CT molecular complexity index is 557. The van der Waals surface area contributed by atoms with Crippen LogP contribution in [0.4, 0.5) is 0 Å². The van der Waals surface area contributed by atoms with Gasteiger partial charge in [-0.2, -0.15) is 5.26 Å². The van der Waals surface area contributed by atoms with Crippen molar-refractivity contribution in [3.05, 3.63) is 28.8 Å². The van der Waals surface area contributed by atoms with E-state index in [1.165, 1.54) is 13.0 Å². The predicted molar refractivity (Wildman–Crippen MR) is 54.3 cm³/mol. The first-order chi connectivity index (χ1) is 6.90. The molecule has 0 saturated heterocycles. The van der Waals surface area contributed by atoms with Crippen molar-refractivity contribution in [1.82, 2.24) is 0 Å². The maximum absolute atomic E-state index is 11.1. The summed E-state index contributed by atoms with van der Waals surface area (Å²) >= 11 is 0. The quantitative estimate of drug-likeness (QED) is 0.584. The van der Waals surface area contributed by atoms with E-state index in [1.54, 1.807) is 6.07 Å². The van der Waals surface area contributed by atoms with Gasteiger partial charge in [-0.3, -0.25) is 4.79 Å². The number of hydrogen-bond acceptors (Lipinski definition) is 4. The van der Waals surface area contributed by atoms with E-state index >= 15 is 0 Å². The Morgan fingerprint density at radius 1 is 1.47 bits per heavy atom. The third kappa shape index (κ3) is 2.35. The molecule has 0 saturated carbocycles. The molecule has 1 aromatic rings. The number of hydrogen-bond donors (Lipinski definition) is 0. The molecule has 0 aliphatic carbocycles. The van der Waals surface area contributed by atoms with Crippen LogP contribution in [-0.2, 0) is 9.05 Å². The molecule has 0 spiro atoms. The molecule has 0 heterocycles. The van der Waals surface area contributed by atoms with Crippen LogP contribution in [0.25, 0.3) is 0 Å². The highest BCUT2D eigenvalue weighted by molar-refractivity contribution is 8.13. The second-order valence-corrected chi connectivity index (χ2v) is 5.41. The summed E-state index contributed by atoms with van der Waals surface area (Å²) in [5, 5.41) is 8.68. The van der Waals surface area contributed by atoms with Gasteiger partial charge in [-0.05, 0) is 24.6 Å². The van der Waals surface area contributed by atoms with Gasteiger partial charge in [-0.1, -0.05) is 0 Å². The van der Waals surface area contributed by atoms with Crippen molar-refractivity contribution < 1.29 is 13.2 Å². The maximum Gasteiger partial charge on any atom is 0.261 e. The lowest BCUT2D eigenvalue weighted by Gasteiger charge is -2.04. The zero-order chi connectivity index (χ0) is 11.6. The van der Waals surface area contributed by atoms with Crippen LogP contribution in [0.5, 0.6) is 0 Å². The normalized spacial score (nSPS) is 10.7. The number of aryl methyl sites for hydroxylation is 1. The summed E-state index contributed by atoms with van der Waals surface area (Å²) in [6.07, 6.45) is 0.496. The second-order valence-electron chi connectivity index (χ2n) is 2.87. The van der Waals surface area contributed by atoms with Crippen LogP contribution in [0, 0.1) is 18.3 Å². The van der Waals surface area contributed by atoms with Crippen LogP contribution in [0.2, 0.25) is 0 Å². The van der Waals surface area contributed by atoms with Crippen LogP contribution >= 0.6 is 10.7 Å². The lowest BCUT2D eigenvalue weighted by molar-refractivity contribution is 0.112. The van der Waals surface area contributed by atoms with Crippen molar-refractivity contribution in [3.8, 4) is 6.07 Å². The Morgan fingerprint density at radius 2 is 2.07 bits per heavy atom. The molecule has 0 aliphatic heterocycles. The summed E-state index contributed by atoms with van der Waals surface area (Å²) in [5.41, 5.74) is 0.486. The van der Waals surface area contributed by atoms with Crippen LogP contribution in [-0.4, -0.2) is 14.7 Å². The maximum atomic E-state index is 11.1. The summed E-state index contributed by atoms with van der Waals surface area (Å²) in [6.45, 7) is 1.50. The zero-order valence-corrected chi connectivity index (χ0v) is 9.26. The van der Waals surface area contributed by atoms with Gasteiger partial charge in [-0.25, -0.2) is 8.42 Å². The van der Waals surface area contributed by atoms with E-state index in [0.717, 1.165) is 6.07 Å². The summed E-state index contributed by atoms with van der Waals surface area (Å²) < 4.78 is 22.2. The average Bonchev–Trinajstić information content (AvgIpc) is 2.15. The first kappa shape index (κ1) is 11.7. The van der Waals surface area contributed by atoms with Gasteiger partial charge >= 0.3 is 0 Å². The molecule has 0 amide bonds. The lowest BCUT2D eigenvalue weighted by Crippen LogP contribution is -1.98. The zero-order valence-electron chi connectivity index (χ0n) is 7.69. The molecule has 0 fully saturated rings. The topological polar surface area (TPSA) is 75.0 Å². The molecule has 0 atom stereocenters. The molecule has 0 unspecified atom stereocenters. The molecule has 0 bridgehead atoms. The van der Waals surface area contributed by atoms with Crippen LogP contribution < -0.4 is 0 Å². The number of nitrogens with zero attached hydrogens (tertiary/aromatic N) is 1. The van der Waals surface area contributed by atoms with E-state index in [4.69, 9.17) is 15.9 Å². The molecule has 15 heavy (non-hydrogen) atoms. The highest BCUT2D eigenvalue weighted by Crippen LogP contribution is 2.22. The number of rotatable bonds is 2. The molecular weight excluding hydrogens is 238 g/mol. The van der Waals surface area contributed by atoms with E-state index in [1.807, 2.05) is 0 Å². The van der Waals surface area contributed by atoms with Gasteiger partial charge in [0, 0.05) is 16.2 Å². The Morgan fingerprint density at radius 3 is 2.47 bits per heavy atom. The predicted octanol–water partition coefficient (Wildman–Crippen LogP) is 1.61. The molecule has 1 rings (SSSR count). The second kappa shape index (κ2) is 4.01. The monoisotopic (exact) mass is 243 g/mol. The number of benzene rings is 1. The van der Waals surface area contributed by atoms with Crippen LogP contribution in [0.15, 0.2) is 17.0 Å². The van der Waals surface area contributed by atoms with E-state index < -0.39 is 9.05 Å². The van der Waals surface area contributed by atoms with Crippen molar-refractivity contribution in [3.63, 3.8) is 0 Å². The first-order valence-electron chi connectivity index (χ1n) is 3.84. The van der Waals surface area contributed by atoms with Crippen LogP contribution in [0.3, 0.4) is 0 Å². The molecule has 6 heteroatoms. The minimum Gasteiger partial charge on any atom is -0.298 e. The number of carbonyl (C=O) groups excluding carboxylic acids is 1. The Labute approximate surface area is 91.5 Å². The minimum absolute atomic E-state index is 0.00479. The van der Waals surface area contributed by atoms with Gasteiger partial charge in [0.25, 0.3) is 9.05 Å². The largest absolute Gasteiger partial charge is 0.298 e. The van der Waals surface area contributed by atoms with Crippen molar-refractivity contribution >= 4 is 26.0 Å². The summed E-state index contributed by atoms with van der Waals surface area (Å²) in [7, 11) is 1.28. The molecule has 0 radical (unpaired) electrons. The fourth-order valence-electron chi connectivity index (χ4n) is 1.17. The summed E-state index contributed by atoms with van der Waals surface area (Å²) in [4.78, 5) is 10.4. The summed E-state index contributed by atoms with van der Waals surface area (Å²) in [6, 6.07) is 4.15. The van der Waals surface area contributed by atoms with Crippen molar-refractivity contribution in [2.24, 2.45) is 0 Å². The Balaban J connectivity index is 3.62. The Kier molecular flexibility index (Phi) is 3.12. The molecular formula is C9H6ClNO3S. The third-order valence-corrected chi connectivity index (χ3v) is 3.32. The fraction of sp³-hybridized carbons (Fsp3) is 0.111. The first-order valence-corrected chi connectivity index (χ1v) is 6.15. The number of aldehydes is 1. The number of nitriles is 1. The molecule has 1 aromatic carbocycles. The van der Waals surface area contributed by atoms with Gasteiger partial charge in [0.2, 0.25) is 0 Å². The summed E-state index contributed by atoms with van der Waals surface area (Å²) in [5.74, 6) is 0. The average molecular weight is 244 g/mol. The van der Waals surface area contributed by atoms with E-state index in [-0.39, 0.29) is 16.0 Å². The Hall–Kier alpha value is -1.38. The van der Waals surface area contributed by atoms with Gasteiger partial charge < -0.3 is 0 Å². The highest BCUT2D eigenvalue weighted by Gasteiger charge is 2.16. The molecule has 4 nitrogen and oxygen atoms in total. The van der Waals surface area contributed by atoms with Gasteiger partial charge in [0.05, 0.1) is 16.5 Å². The molecule has 0 aromatic heterocycles. The van der Waals surface area contributed by atoms with Gasteiger partial charge in [-0.15, -0.1) is 0 Å². The van der Waals surface area contributed by atoms with E-state index in [9.17, 15) is 13.2 Å². The van der Waals surface area contributed by atoms with E-state index in [2.05, 4.69) is 0 Å². The van der Waals surface area contributed by atoms with Crippen molar-refractivity contribution in [2.75, 3.05) is 0 Å². The van der Waals surface area contributed by atoms with Crippen molar-refractivity contribution in [1.29, 1.82) is 5.26 Å². The highest BCUT2D eigenvalue weighted by atomic mass is 35.7. The van der Waals surface area contributed by atoms with Gasteiger partial charge in [0.1, 0.15) is 0 Å². The minimum atomic E-state index is -3.89. The van der Waals surface area contributed by atoms with E-state index in [0.29, 0.717) is 11.8 Å². The third-order valence-electron chi connectivity index (χ3n) is 1.86. The number of halogens is 1. The molecule has 78 valence electrons. The fourth-order valence-corrected chi connectivity index (χ4v) is 2.37. The van der Waals surface area contributed by atoms with Crippen LogP contribution in [0.1, 0.15) is 21.5 Å². The van der Waals surface area contributed by atoms with Gasteiger partial charge in [0.15, 0.2) is 6.29 Å². The number of carbonyl (C=O) groups is 1. The standard InChI is InChI=1S/C9H6ClNO3S/c1-6-2-8(5-12)7(4-11)3-9(6)15(10,13)14/h2-3,5H,1H3. The SMILES string of the molecule is Cc1cc(C=O)c(C#N)cc1S(=O)(=O)Cl. The van der Waals surface area contributed by atoms with Crippen molar-refractivity contribution in [2.45, 2.75) is 11.8 Å². The lowest BCUT2D eigenvalue weighted by atomic mass is 10.1. The molecule has 0 aliphatic rings. The smallest absolute Gasteiger partial charge is 0.261 e.